The molecule has 0 aromatic heterocycles. The van der Waals surface area contributed by atoms with Gasteiger partial charge < -0.3 is 0 Å². The van der Waals surface area contributed by atoms with E-state index in [0.717, 1.165) is 32.3 Å². The number of benzene rings is 3. The molecule has 0 bridgehead atoms. The van der Waals surface area contributed by atoms with Crippen molar-refractivity contribution < 1.29 is 4.84 Å². The van der Waals surface area contributed by atoms with Crippen LogP contribution < -0.4 is 0 Å². The molecule has 0 saturated carbocycles. The fourth-order valence-electron chi connectivity index (χ4n) is 6.45. The molecule has 1 aliphatic rings. The van der Waals surface area contributed by atoms with Crippen LogP contribution in [0.5, 0.6) is 0 Å². The van der Waals surface area contributed by atoms with E-state index in [1.807, 2.05) is 0 Å². The lowest BCUT2D eigenvalue weighted by molar-refractivity contribution is -0.283. The molecular formula is C36H49NO. The summed E-state index contributed by atoms with van der Waals surface area (Å²) in [7, 11) is 0. The molecule has 2 heteroatoms. The Morgan fingerprint density at radius 2 is 1.08 bits per heavy atom. The minimum absolute atomic E-state index is 0.000328. The summed E-state index contributed by atoms with van der Waals surface area (Å²) in [4.78, 5) is 6.44. The molecule has 1 heterocycles. The van der Waals surface area contributed by atoms with Gasteiger partial charge in [0.15, 0.2) is 0 Å². The van der Waals surface area contributed by atoms with Gasteiger partial charge in [0, 0.05) is 11.1 Å². The highest BCUT2D eigenvalue weighted by Crippen LogP contribution is 2.46. The zero-order valence-corrected chi connectivity index (χ0v) is 24.7. The van der Waals surface area contributed by atoms with E-state index in [0.29, 0.717) is 5.92 Å². The Bertz CT molecular complexity index is 1110. The highest BCUT2D eigenvalue weighted by molar-refractivity contribution is 5.70. The van der Waals surface area contributed by atoms with Crippen LogP contribution in [0.25, 0.3) is 22.3 Å². The van der Waals surface area contributed by atoms with E-state index in [9.17, 15) is 0 Å². The average molecular weight is 512 g/mol. The van der Waals surface area contributed by atoms with Crippen LogP contribution in [0.3, 0.4) is 0 Å². The summed E-state index contributed by atoms with van der Waals surface area (Å²) in [6, 6.07) is 27.2. The van der Waals surface area contributed by atoms with Gasteiger partial charge >= 0.3 is 0 Å². The molecule has 0 atom stereocenters. The maximum atomic E-state index is 6.44. The number of rotatable bonds is 11. The number of hydrogen-bond donors (Lipinski definition) is 0. The van der Waals surface area contributed by atoms with Crippen molar-refractivity contribution in [1.29, 1.82) is 0 Å². The molecule has 0 amide bonds. The first kappa shape index (κ1) is 28.6. The van der Waals surface area contributed by atoms with E-state index in [2.05, 4.69) is 119 Å². The minimum atomic E-state index is -0.000328. The summed E-state index contributed by atoms with van der Waals surface area (Å²) in [6.07, 6.45) is 9.66. The fraction of sp³-hybridized carbons (Fsp3) is 0.500. The maximum absolute atomic E-state index is 6.44. The summed E-state index contributed by atoms with van der Waals surface area (Å²) in [6.45, 7) is 14.7. The van der Waals surface area contributed by atoms with Crippen LogP contribution >= 0.6 is 0 Å². The highest BCUT2D eigenvalue weighted by Gasteiger charge is 2.46. The van der Waals surface area contributed by atoms with E-state index < -0.39 is 0 Å². The summed E-state index contributed by atoms with van der Waals surface area (Å²) in [5.74, 6) is 0.534. The first-order chi connectivity index (χ1) is 18.2. The summed E-state index contributed by atoms with van der Waals surface area (Å²) >= 11 is 0. The molecule has 2 nitrogen and oxygen atoms in total. The van der Waals surface area contributed by atoms with Crippen molar-refractivity contribution in [2.24, 2.45) is 0 Å². The summed E-state index contributed by atoms with van der Waals surface area (Å²) in [5, 5.41) is 2.32. The topological polar surface area (TPSA) is 12.5 Å². The van der Waals surface area contributed by atoms with Crippen molar-refractivity contribution in [1.82, 2.24) is 5.06 Å². The minimum Gasteiger partial charge on any atom is -0.298 e. The van der Waals surface area contributed by atoms with Gasteiger partial charge in [-0.05, 0) is 92.7 Å². The van der Waals surface area contributed by atoms with E-state index in [-0.39, 0.29) is 11.1 Å². The number of nitrogens with zero attached hydrogens (tertiary/aromatic N) is 1. The third-order valence-electron chi connectivity index (χ3n) is 8.36. The van der Waals surface area contributed by atoms with E-state index in [1.165, 1.54) is 59.1 Å². The molecule has 38 heavy (non-hydrogen) atoms. The van der Waals surface area contributed by atoms with Gasteiger partial charge in [-0.3, -0.25) is 4.84 Å². The van der Waals surface area contributed by atoms with Gasteiger partial charge in [0.2, 0.25) is 0 Å². The molecular weight excluding hydrogens is 462 g/mol. The number of aryl methyl sites for hydroxylation is 1. The molecule has 3 aromatic rings. The quantitative estimate of drug-likeness (QED) is 0.237. The molecule has 4 rings (SSSR count). The van der Waals surface area contributed by atoms with Crippen molar-refractivity contribution in [3.63, 3.8) is 0 Å². The number of hydroxylamine groups is 2. The van der Waals surface area contributed by atoms with Crippen LogP contribution in [-0.2, 0) is 11.3 Å². The number of unbranched alkanes of at least 4 members (excludes halogenated alkanes) is 4. The van der Waals surface area contributed by atoms with Gasteiger partial charge in [0.1, 0.15) is 0 Å². The molecule has 1 fully saturated rings. The molecule has 204 valence electrons. The van der Waals surface area contributed by atoms with Crippen LogP contribution in [-0.4, -0.2) is 22.7 Å². The monoisotopic (exact) mass is 511 g/mol. The van der Waals surface area contributed by atoms with Crippen LogP contribution in [0.2, 0.25) is 0 Å². The lowest BCUT2D eigenvalue weighted by atomic mass is 9.72. The van der Waals surface area contributed by atoms with Crippen LogP contribution in [0.15, 0.2) is 72.8 Å². The highest BCUT2D eigenvalue weighted by atomic mass is 16.7. The Labute approximate surface area is 232 Å². The van der Waals surface area contributed by atoms with Gasteiger partial charge in [0.05, 0.1) is 6.61 Å². The second-order valence-corrected chi connectivity index (χ2v) is 12.5. The van der Waals surface area contributed by atoms with Crippen molar-refractivity contribution in [2.75, 3.05) is 6.61 Å². The normalized spacial score (nSPS) is 17.5. The smallest absolute Gasteiger partial charge is 0.0685 e. The molecule has 1 aliphatic heterocycles. The molecule has 1 saturated heterocycles. The van der Waals surface area contributed by atoms with Gasteiger partial charge in [0.25, 0.3) is 0 Å². The summed E-state index contributed by atoms with van der Waals surface area (Å²) in [5.41, 5.74) is 7.93. The SMILES string of the molecule is CCCCCCCON1C(C)(C)CC(c2ccc(-c3ccc(-c4ccc(CC)cc4)cc3)cc2)CC1(C)C. The molecule has 0 N–H and O–H groups in total. The van der Waals surface area contributed by atoms with E-state index in [1.54, 1.807) is 0 Å². The Hall–Kier alpha value is -2.42. The molecule has 0 spiro atoms. The van der Waals surface area contributed by atoms with Crippen molar-refractivity contribution >= 4 is 0 Å². The fourth-order valence-corrected chi connectivity index (χ4v) is 6.45. The zero-order valence-electron chi connectivity index (χ0n) is 24.7. The zero-order chi connectivity index (χ0) is 27.2. The standard InChI is InChI=1S/C36H49NO/c1-7-9-10-11-12-25-38-37-35(3,4)26-34(27-36(37,5)6)33-23-21-32(22-24-33)31-19-17-30(18-20-31)29-15-13-28(8-2)14-16-29/h13-24,34H,7-12,25-27H2,1-6H3. The second kappa shape index (κ2) is 12.6. The van der Waals surface area contributed by atoms with Gasteiger partial charge in [-0.25, -0.2) is 0 Å². The van der Waals surface area contributed by atoms with Crippen LogP contribution in [0, 0.1) is 0 Å². The Morgan fingerprint density at radius 1 is 0.632 bits per heavy atom. The van der Waals surface area contributed by atoms with Gasteiger partial charge in [-0.15, -0.1) is 0 Å². The predicted octanol–water partition coefficient (Wildman–Crippen LogP) is 10.2. The Balaban J connectivity index is 1.39. The van der Waals surface area contributed by atoms with Gasteiger partial charge in [-0.2, -0.15) is 5.06 Å². The molecule has 0 radical (unpaired) electrons. The van der Waals surface area contributed by atoms with Crippen LogP contribution in [0.4, 0.5) is 0 Å². The Kier molecular flexibility index (Phi) is 9.50. The lowest BCUT2D eigenvalue weighted by Gasteiger charge is -2.54. The maximum Gasteiger partial charge on any atom is 0.0685 e. The largest absolute Gasteiger partial charge is 0.298 e. The third kappa shape index (κ3) is 6.96. The third-order valence-corrected chi connectivity index (χ3v) is 8.36. The summed E-state index contributed by atoms with van der Waals surface area (Å²) < 4.78 is 0. The molecule has 0 unspecified atom stereocenters. The number of piperidine rings is 1. The second-order valence-electron chi connectivity index (χ2n) is 12.5. The number of hydrogen-bond acceptors (Lipinski definition) is 2. The Morgan fingerprint density at radius 3 is 1.55 bits per heavy atom. The van der Waals surface area contributed by atoms with Gasteiger partial charge in [-0.1, -0.05) is 112 Å². The van der Waals surface area contributed by atoms with Crippen molar-refractivity contribution in [2.45, 2.75) is 110 Å². The van der Waals surface area contributed by atoms with Crippen molar-refractivity contribution in [3.8, 4) is 22.3 Å². The average Bonchev–Trinajstić information content (AvgIpc) is 2.91. The first-order valence-corrected chi connectivity index (χ1v) is 15.0. The predicted molar refractivity (Wildman–Crippen MR) is 163 cm³/mol. The van der Waals surface area contributed by atoms with E-state index in [4.69, 9.17) is 4.84 Å². The van der Waals surface area contributed by atoms with E-state index >= 15 is 0 Å². The van der Waals surface area contributed by atoms with Crippen LogP contribution in [0.1, 0.15) is 104 Å². The lowest BCUT2D eigenvalue weighted by Crippen LogP contribution is -2.59. The molecule has 0 aliphatic carbocycles. The van der Waals surface area contributed by atoms with Crippen molar-refractivity contribution in [3.05, 3.63) is 83.9 Å². The molecule has 3 aromatic carbocycles. The first-order valence-electron chi connectivity index (χ1n) is 15.0.